The molecule has 7 heteroatoms. The number of fused-ring (bicyclic) bond motifs is 1. The van der Waals surface area contributed by atoms with Crippen molar-refractivity contribution in [3.05, 3.63) is 16.9 Å². The number of aromatic nitrogens is 2. The van der Waals surface area contributed by atoms with Crippen LogP contribution < -0.4 is 10.2 Å². The molecular formula is C18H25BrN4O2. The monoisotopic (exact) mass is 408 g/mol. The molecule has 3 rings (SSSR count). The zero-order chi connectivity index (χ0) is 17.8. The van der Waals surface area contributed by atoms with Gasteiger partial charge in [0.25, 0.3) is 0 Å². The number of piperidine rings is 1. The van der Waals surface area contributed by atoms with Gasteiger partial charge in [0, 0.05) is 32.1 Å². The van der Waals surface area contributed by atoms with Crippen LogP contribution in [-0.2, 0) is 9.53 Å². The molecule has 0 unspecified atom stereocenters. The van der Waals surface area contributed by atoms with Gasteiger partial charge in [0.2, 0.25) is 5.91 Å². The predicted molar refractivity (Wildman–Crippen MR) is 104 cm³/mol. The lowest BCUT2D eigenvalue weighted by Gasteiger charge is -2.35. The van der Waals surface area contributed by atoms with Gasteiger partial charge in [-0.1, -0.05) is 13.3 Å². The second-order valence-electron chi connectivity index (χ2n) is 6.43. The van der Waals surface area contributed by atoms with Gasteiger partial charge in [-0.25, -0.2) is 4.98 Å². The summed E-state index contributed by atoms with van der Waals surface area (Å²) in [6.07, 6.45) is 7.29. The van der Waals surface area contributed by atoms with Crippen LogP contribution in [0, 0.1) is 5.92 Å². The number of hydrogen-bond acceptors (Lipinski definition) is 4. The lowest BCUT2D eigenvalue weighted by molar-refractivity contribution is -0.120. The summed E-state index contributed by atoms with van der Waals surface area (Å²) in [4.78, 5) is 22.1. The van der Waals surface area contributed by atoms with Crippen molar-refractivity contribution in [3.8, 4) is 0 Å². The van der Waals surface area contributed by atoms with Crippen molar-refractivity contribution in [2.75, 3.05) is 36.5 Å². The highest BCUT2D eigenvalue weighted by molar-refractivity contribution is 9.10. The van der Waals surface area contributed by atoms with Crippen molar-refractivity contribution < 1.29 is 9.53 Å². The van der Waals surface area contributed by atoms with Crippen LogP contribution >= 0.6 is 15.9 Å². The summed E-state index contributed by atoms with van der Waals surface area (Å²) in [6, 6.07) is 0. The van der Waals surface area contributed by atoms with Crippen LogP contribution in [0.1, 0.15) is 33.1 Å². The highest BCUT2D eigenvalue weighted by Crippen LogP contribution is 2.39. The molecule has 2 aromatic rings. The minimum Gasteiger partial charge on any atom is -0.372 e. The minimum absolute atomic E-state index is 0.0571. The molecule has 1 atom stereocenters. The van der Waals surface area contributed by atoms with E-state index in [0.29, 0.717) is 12.5 Å². The molecule has 25 heavy (non-hydrogen) atoms. The largest absolute Gasteiger partial charge is 0.372 e. The molecule has 3 heterocycles. The molecule has 2 N–H and O–H groups in total. The number of nitrogens with one attached hydrogen (secondary N) is 2. The van der Waals surface area contributed by atoms with E-state index in [0.717, 1.165) is 40.0 Å². The Morgan fingerprint density at radius 2 is 2.36 bits per heavy atom. The smallest absolute Gasteiger partial charge is 0.250 e. The third kappa shape index (κ3) is 3.98. The lowest BCUT2D eigenvalue weighted by Crippen LogP contribution is -2.35. The number of pyridine rings is 1. The molecule has 0 aliphatic carbocycles. The van der Waals surface area contributed by atoms with Gasteiger partial charge >= 0.3 is 0 Å². The van der Waals surface area contributed by atoms with E-state index in [4.69, 9.17) is 4.74 Å². The summed E-state index contributed by atoms with van der Waals surface area (Å²) in [5, 5.41) is 3.90. The van der Waals surface area contributed by atoms with E-state index in [9.17, 15) is 4.79 Å². The summed E-state index contributed by atoms with van der Waals surface area (Å²) in [5.41, 5.74) is 2.64. The standard InChI is InChI=1S/C18H25BrN4O2/c1-3-12-6-5-7-23(10-12)17-13(19)8-20-18-16(17)14(9-21-18)22-15(24)11-25-4-2/h8-9,12H,3-7,10-11H2,1-2H3,(H,20,21)(H,22,24)/t12-/m1/s1. The van der Waals surface area contributed by atoms with Crippen LogP contribution in [-0.4, -0.2) is 42.2 Å². The Kier molecular flexibility index (Phi) is 5.96. The maximum atomic E-state index is 12.1. The van der Waals surface area contributed by atoms with Gasteiger partial charge < -0.3 is 19.9 Å². The molecule has 1 saturated heterocycles. The molecule has 1 aliphatic heterocycles. The predicted octanol–water partition coefficient (Wildman–Crippen LogP) is 3.93. The zero-order valence-corrected chi connectivity index (χ0v) is 16.4. The van der Waals surface area contributed by atoms with E-state index in [-0.39, 0.29) is 12.5 Å². The summed E-state index contributed by atoms with van der Waals surface area (Å²) >= 11 is 3.67. The van der Waals surface area contributed by atoms with E-state index in [2.05, 4.69) is 43.0 Å². The molecule has 0 bridgehead atoms. The second-order valence-corrected chi connectivity index (χ2v) is 7.28. The van der Waals surface area contributed by atoms with Gasteiger partial charge in [0.15, 0.2) is 0 Å². The van der Waals surface area contributed by atoms with Crippen LogP contribution in [0.4, 0.5) is 11.4 Å². The Morgan fingerprint density at radius 1 is 1.52 bits per heavy atom. The van der Waals surface area contributed by atoms with E-state index >= 15 is 0 Å². The molecular weight excluding hydrogens is 384 g/mol. The summed E-state index contributed by atoms with van der Waals surface area (Å²) in [5.74, 6) is 0.553. The maximum absolute atomic E-state index is 12.1. The number of amides is 1. The minimum atomic E-state index is -0.154. The van der Waals surface area contributed by atoms with Crippen molar-refractivity contribution in [3.63, 3.8) is 0 Å². The topological polar surface area (TPSA) is 70.2 Å². The maximum Gasteiger partial charge on any atom is 0.250 e. The van der Waals surface area contributed by atoms with Crippen LogP contribution in [0.3, 0.4) is 0 Å². The van der Waals surface area contributed by atoms with Crippen molar-refractivity contribution in [1.82, 2.24) is 9.97 Å². The first kappa shape index (κ1) is 18.2. The Labute approximate surface area is 156 Å². The zero-order valence-electron chi connectivity index (χ0n) is 14.8. The molecule has 0 radical (unpaired) electrons. The number of carbonyl (C=O) groups excluding carboxylic acids is 1. The fourth-order valence-electron chi connectivity index (χ4n) is 3.45. The van der Waals surface area contributed by atoms with Gasteiger partial charge in [-0.15, -0.1) is 0 Å². The second kappa shape index (κ2) is 8.19. The first-order valence-corrected chi connectivity index (χ1v) is 9.71. The van der Waals surface area contributed by atoms with E-state index < -0.39 is 0 Å². The Morgan fingerprint density at radius 3 is 3.12 bits per heavy atom. The number of halogens is 1. The summed E-state index contributed by atoms with van der Waals surface area (Å²) < 4.78 is 6.15. The van der Waals surface area contributed by atoms with Crippen LogP contribution in [0.15, 0.2) is 16.9 Å². The fraction of sp³-hybridized carbons (Fsp3) is 0.556. The van der Waals surface area contributed by atoms with Crippen LogP contribution in [0.25, 0.3) is 11.0 Å². The molecule has 0 aromatic carbocycles. The van der Waals surface area contributed by atoms with E-state index in [1.54, 1.807) is 6.20 Å². The number of carbonyl (C=O) groups is 1. The van der Waals surface area contributed by atoms with E-state index in [1.807, 2.05) is 13.1 Å². The molecule has 1 aliphatic rings. The lowest BCUT2D eigenvalue weighted by atomic mass is 9.95. The molecule has 6 nitrogen and oxygen atoms in total. The molecule has 0 spiro atoms. The van der Waals surface area contributed by atoms with Crippen molar-refractivity contribution >= 4 is 44.2 Å². The first-order chi connectivity index (χ1) is 12.1. The SMILES string of the molecule is CCOCC(=O)Nc1c[nH]c2ncc(Br)c(N3CCC[C@@H](CC)C3)c12. The van der Waals surface area contributed by atoms with Gasteiger partial charge in [-0.05, 0) is 41.6 Å². The highest BCUT2D eigenvalue weighted by Gasteiger charge is 2.24. The third-order valence-electron chi connectivity index (χ3n) is 4.75. The molecule has 2 aromatic heterocycles. The first-order valence-electron chi connectivity index (χ1n) is 8.92. The fourth-order valence-corrected chi connectivity index (χ4v) is 4.00. The highest BCUT2D eigenvalue weighted by atomic mass is 79.9. The number of hydrogen-bond donors (Lipinski definition) is 2. The molecule has 0 saturated carbocycles. The number of rotatable bonds is 6. The number of H-pyrrole nitrogens is 1. The number of anilines is 2. The van der Waals surface area contributed by atoms with Crippen LogP contribution in [0.2, 0.25) is 0 Å². The quantitative estimate of drug-likeness (QED) is 0.759. The molecule has 1 amide bonds. The average Bonchev–Trinajstić information content (AvgIpc) is 3.02. The average molecular weight is 409 g/mol. The Bertz CT molecular complexity index is 746. The van der Waals surface area contributed by atoms with E-state index in [1.165, 1.54) is 19.3 Å². The normalized spacial score (nSPS) is 17.9. The van der Waals surface area contributed by atoms with Crippen LogP contribution in [0.5, 0.6) is 0 Å². The van der Waals surface area contributed by atoms with Gasteiger partial charge in [0.1, 0.15) is 12.3 Å². The number of aromatic amines is 1. The van der Waals surface area contributed by atoms with Gasteiger partial charge in [0.05, 0.1) is 21.2 Å². The van der Waals surface area contributed by atoms with Gasteiger partial charge in [-0.3, -0.25) is 4.79 Å². The Balaban J connectivity index is 1.95. The molecule has 1 fully saturated rings. The number of ether oxygens (including phenoxy) is 1. The summed E-state index contributed by atoms with van der Waals surface area (Å²) in [7, 11) is 0. The summed E-state index contributed by atoms with van der Waals surface area (Å²) in [6.45, 7) is 6.75. The van der Waals surface area contributed by atoms with Crippen molar-refractivity contribution in [1.29, 1.82) is 0 Å². The Hall–Kier alpha value is -1.60. The van der Waals surface area contributed by atoms with Crippen molar-refractivity contribution in [2.24, 2.45) is 5.92 Å². The number of nitrogens with zero attached hydrogens (tertiary/aromatic N) is 2. The van der Waals surface area contributed by atoms with Gasteiger partial charge in [-0.2, -0.15) is 0 Å². The third-order valence-corrected chi connectivity index (χ3v) is 5.33. The molecule has 136 valence electrons. The van der Waals surface area contributed by atoms with Crippen molar-refractivity contribution in [2.45, 2.75) is 33.1 Å².